The van der Waals surface area contributed by atoms with E-state index in [9.17, 15) is 0 Å². The predicted octanol–water partition coefficient (Wildman–Crippen LogP) is 1.26. The van der Waals surface area contributed by atoms with Gasteiger partial charge >= 0.3 is 0 Å². The van der Waals surface area contributed by atoms with E-state index in [0.717, 1.165) is 11.0 Å². The third-order valence-electron chi connectivity index (χ3n) is 1.58. The van der Waals surface area contributed by atoms with Gasteiger partial charge < -0.3 is 10.1 Å². The molecule has 0 aromatic carbocycles. The van der Waals surface area contributed by atoms with Gasteiger partial charge in [-0.15, -0.1) is 0 Å². The summed E-state index contributed by atoms with van der Waals surface area (Å²) in [5, 5.41) is 1.07. The van der Waals surface area contributed by atoms with Gasteiger partial charge in [0.05, 0.1) is 11.9 Å². The van der Waals surface area contributed by atoms with Crippen LogP contribution < -0.4 is 5.73 Å². The topological polar surface area (TPSA) is 43.8 Å². The maximum Gasteiger partial charge on any atom is 0.142 e. The minimum atomic E-state index is 0.703. The number of fused-ring (bicyclic) bond motifs is 1. The highest BCUT2D eigenvalue weighted by Crippen LogP contribution is 2.17. The van der Waals surface area contributed by atoms with Crippen molar-refractivity contribution in [3.05, 3.63) is 24.5 Å². The van der Waals surface area contributed by atoms with Crippen LogP contribution in [0.2, 0.25) is 0 Å². The summed E-state index contributed by atoms with van der Waals surface area (Å²) in [5.41, 5.74) is 7.19. The number of hydrogen-bond acceptors (Lipinski definition) is 2. The Morgan fingerprint density at radius 3 is 3.18 bits per heavy atom. The molecule has 0 aliphatic carbocycles. The molecule has 2 heterocycles. The van der Waals surface area contributed by atoms with Crippen LogP contribution >= 0.6 is 9.39 Å². The number of nitrogens with two attached hydrogens (primary N) is 1. The zero-order chi connectivity index (χ0) is 7.84. The summed E-state index contributed by atoms with van der Waals surface area (Å²) in [6.07, 6.45) is 3.59. The van der Waals surface area contributed by atoms with E-state index in [1.54, 1.807) is 6.20 Å². The van der Waals surface area contributed by atoms with Crippen LogP contribution in [0, 0.1) is 0 Å². The summed E-state index contributed by atoms with van der Waals surface area (Å²) in [7, 11) is 2.56. The Labute approximate surface area is 66.5 Å². The second-order valence-electron chi connectivity index (χ2n) is 2.40. The van der Waals surface area contributed by atoms with E-state index in [1.165, 1.54) is 0 Å². The van der Waals surface area contributed by atoms with Gasteiger partial charge in [0.15, 0.2) is 0 Å². The molecule has 0 fully saturated rings. The quantitative estimate of drug-likeness (QED) is 0.597. The third kappa shape index (κ3) is 0.976. The highest BCUT2D eigenvalue weighted by Gasteiger charge is 1.97. The van der Waals surface area contributed by atoms with Crippen LogP contribution in [0.15, 0.2) is 24.5 Å². The summed E-state index contributed by atoms with van der Waals surface area (Å²) >= 11 is 0. The van der Waals surface area contributed by atoms with Crippen molar-refractivity contribution >= 4 is 26.1 Å². The Kier molecular flexibility index (Phi) is 1.33. The molecule has 2 aromatic heterocycles. The van der Waals surface area contributed by atoms with Gasteiger partial charge in [-0.25, -0.2) is 4.98 Å². The van der Waals surface area contributed by atoms with Crippen molar-refractivity contribution in [3.63, 3.8) is 0 Å². The van der Waals surface area contributed by atoms with Crippen molar-refractivity contribution < 1.29 is 0 Å². The van der Waals surface area contributed by atoms with Crippen molar-refractivity contribution in [2.45, 2.75) is 0 Å². The first-order valence-corrected chi connectivity index (χ1v) is 3.76. The molecule has 0 saturated carbocycles. The first-order chi connectivity index (χ1) is 5.27. The molecule has 2 aromatic rings. The number of rotatable bonds is 0. The van der Waals surface area contributed by atoms with Crippen LogP contribution in [-0.2, 0) is 0 Å². The van der Waals surface area contributed by atoms with Crippen molar-refractivity contribution in [1.82, 2.24) is 9.32 Å². The highest BCUT2D eigenvalue weighted by molar-refractivity contribution is 7.14. The van der Waals surface area contributed by atoms with Gasteiger partial charge in [0, 0.05) is 11.6 Å². The zero-order valence-corrected chi connectivity index (χ0v) is 7.01. The maximum absolute atomic E-state index is 5.55. The van der Waals surface area contributed by atoms with E-state index in [0.29, 0.717) is 5.69 Å². The lowest BCUT2D eigenvalue weighted by Gasteiger charge is -1.94. The molecule has 4 heteroatoms. The molecule has 0 bridgehead atoms. The molecule has 2 rings (SSSR count). The lowest BCUT2D eigenvalue weighted by molar-refractivity contribution is 1.26. The molecule has 2 N–H and O–H groups in total. The zero-order valence-electron chi connectivity index (χ0n) is 5.86. The smallest absolute Gasteiger partial charge is 0.142 e. The van der Waals surface area contributed by atoms with Gasteiger partial charge in [-0.05, 0) is 21.5 Å². The fourth-order valence-corrected chi connectivity index (χ4v) is 1.36. The van der Waals surface area contributed by atoms with Crippen molar-refractivity contribution in [1.29, 1.82) is 0 Å². The minimum absolute atomic E-state index is 0.703. The lowest BCUT2D eigenvalue weighted by atomic mass is 10.3. The van der Waals surface area contributed by atoms with E-state index in [4.69, 9.17) is 5.73 Å². The van der Waals surface area contributed by atoms with Gasteiger partial charge in [-0.3, -0.25) is 0 Å². The minimum Gasteiger partial charge on any atom is -0.397 e. The monoisotopic (exact) mass is 165 g/mol. The first kappa shape index (κ1) is 6.62. The summed E-state index contributed by atoms with van der Waals surface area (Å²) in [6, 6.07) is 3.88. The van der Waals surface area contributed by atoms with Crippen LogP contribution in [0.25, 0.3) is 11.0 Å². The number of nitrogens with zero attached hydrogens (tertiary/aromatic N) is 2. The molecule has 1 unspecified atom stereocenters. The highest BCUT2D eigenvalue weighted by atomic mass is 31.0. The van der Waals surface area contributed by atoms with Crippen LogP contribution in [0.1, 0.15) is 0 Å². The SMILES string of the molecule is Nc1cnc2c(ccn2P)c1. The Morgan fingerprint density at radius 1 is 1.55 bits per heavy atom. The van der Waals surface area contributed by atoms with Gasteiger partial charge in [-0.1, -0.05) is 0 Å². The first-order valence-electron chi connectivity index (χ1n) is 3.25. The van der Waals surface area contributed by atoms with Gasteiger partial charge in [0.25, 0.3) is 0 Å². The van der Waals surface area contributed by atoms with Crippen LogP contribution in [0.4, 0.5) is 5.69 Å². The third-order valence-corrected chi connectivity index (χ3v) is 1.99. The van der Waals surface area contributed by atoms with Crippen molar-refractivity contribution in [2.75, 3.05) is 5.73 Å². The maximum atomic E-state index is 5.55. The molecule has 11 heavy (non-hydrogen) atoms. The van der Waals surface area contributed by atoms with E-state index in [-0.39, 0.29) is 0 Å². The summed E-state index contributed by atoms with van der Waals surface area (Å²) in [5.74, 6) is 0. The molecule has 0 amide bonds. The van der Waals surface area contributed by atoms with Crippen LogP contribution in [-0.4, -0.2) is 9.32 Å². The fourth-order valence-electron chi connectivity index (χ4n) is 1.06. The molecular weight excluding hydrogens is 157 g/mol. The van der Waals surface area contributed by atoms with Crippen molar-refractivity contribution in [3.8, 4) is 0 Å². The van der Waals surface area contributed by atoms with Gasteiger partial charge in [-0.2, -0.15) is 0 Å². The van der Waals surface area contributed by atoms with Crippen LogP contribution in [0.3, 0.4) is 0 Å². The molecule has 1 atom stereocenters. The van der Waals surface area contributed by atoms with Crippen LogP contribution in [0.5, 0.6) is 0 Å². The van der Waals surface area contributed by atoms with Gasteiger partial charge in [0.1, 0.15) is 5.65 Å². The predicted molar refractivity (Wildman–Crippen MR) is 49.3 cm³/mol. The number of nitrogen functional groups attached to an aromatic ring is 1. The summed E-state index contributed by atoms with van der Waals surface area (Å²) < 4.78 is 1.88. The molecule has 0 aliphatic heterocycles. The van der Waals surface area contributed by atoms with Gasteiger partial charge in [0.2, 0.25) is 0 Å². The molecule has 3 nitrogen and oxygen atoms in total. The second-order valence-corrected chi connectivity index (χ2v) is 2.96. The average Bonchev–Trinajstić information content (AvgIpc) is 2.32. The Hall–Kier alpha value is -1.08. The number of hydrogen-bond donors (Lipinski definition) is 1. The second kappa shape index (κ2) is 2.21. The number of pyridine rings is 1. The van der Waals surface area contributed by atoms with E-state index in [2.05, 4.69) is 14.4 Å². The largest absolute Gasteiger partial charge is 0.397 e. The molecule has 0 radical (unpaired) electrons. The van der Waals surface area contributed by atoms with E-state index in [1.807, 2.05) is 22.7 Å². The number of anilines is 1. The Bertz CT molecular complexity index is 393. The Morgan fingerprint density at radius 2 is 2.36 bits per heavy atom. The molecule has 56 valence electrons. The lowest BCUT2D eigenvalue weighted by Crippen LogP contribution is -1.86. The molecule has 0 saturated heterocycles. The average molecular weight is 165 g/mol. The summed E-state index contributed by atoms with van der Waals surface area (Å²) in [6.45, 7) is 0. The summed E-state index contributed by atoms with van der Waals surface area (Å²) in [4.78, 5) is 4.16. The van der Waals surface area contributed by atoms with E-state index < -0.39 is 0 Å². The molecule has 0 spiro atoms. The standard InChI is InChI=1S/C7H8N3P/c8-6-3-5-1-2-10(11)7(5)9-4-6/h1-4H,8,11H2. The molecule has 0 aliphatic rings. The molecular formula is C7H8N3P. The van der Waals surface area contributed by atoms with E-state index >= 15 is 0 Å². The number of aromatic nitrogens is 2. The normalized spacial score (nSPS) is 10.6. The van der Waals surface area contributed by atoms with Crippen molar-refractivity contribution in [2.24, 2.45) is 0 Å². The Balaban J connectivity index is 2.86. The fraction of sp³-hybridized carbons (Fsp3) is 0.